The minimum Gasteiger partial charge on any atom is -0.486 e. The van der Waals surface area contributed by atoms with Gasteiger partial charge in [-0.05, 0) is 42.3 Å². The van der Waals surface area contributed by atoms with Gasteiger partial charge < -0.3 is 20.1 Å². The molecular weight excluding hydrogens is 380 g/mol. The Morgan fingerprint density at radius 2 is 1.53 bits per heavy atom. The quantitative estimate of drug-likeness (QED) is 0.659. The zero-order valence-electron chi connectivity index (χ0n) is 16.4. The number of carbonyl (C=O) groups excluding carboxylic acids is 2. The van der Waals surface area contributed by atoms with Crippen LogP contribution in [0.4, 0.5) is 5.69 Å². The zero-order chi connectivity index (χ0) is 20.8. The first kappa shape index (κ1) is 19.5. The van der Waals surface area contributed by atoms with Gasteiger partial charge in [0.2, 0.25) is 0 Å². The van der Waals surface area contributed by atoms with Gasteiger partial charge in [-0.1, -0.05) is 42.5 Å². The number of amides is 2. The van der Waals surface area contributed by atoms with Gasteiger partial charge in [0.15, 0.2) is 11.5 Å². The van der Waals surface area contributed by atoms with Gasteiger partial charge >= 0.3 is 0 Å². The maximum Gasteiger partial charge on any atom is 0.255 e. The van der Waals surface area contributed by atoms with E-state index in [0.717, 1.165) is 12.0 Å². The molecule has 0 saturated carbocycles. The topological polar surface area (TPSA) is 76.7 Å². The summed E-state index contributed by atoms with van der Waals surface area (Å²) in [5.41, 5.74) is 2.45. The lowest BCUT2D eigenvalue weighted by atomic mass is 10.1. The number of ether oxygens (including phenoxy) is 2. The van der Waals surface area contributed by atoms with Gasteiger partial charge in [-0.2, -0.15) is 0 Å². The van der Waals surface area contributed by atoms with Crippen molar-refractivity contribution < 1.29 is 19.1 Å². The van der Waals surface area contributed by atoms with Crippen molar-refractivity contribution >= 4 is 17.5 Å². The molecule has 0 unspecified atom stereocenters. The molecule has 152 valence electrons. The average Bonchev–Trinajstić information content (AvgIpc) is 2.79. The van der Waals surface area contributed by atoms with E-state index in [-0.39, 0.29) is 11.8 Å². The molecule has 1 heterocycles. The Labute approximate surface area is 174 Å². The highest BCUT2D eigenvalue weighted by Crippen LogP contribution is 2.31. The molecule has 3 aromatic carbocycles. The molecule has 6 nitrogen and oxygen atoms in total. The van der Waals surface area contributed by atoms with Gasteiger partial charge in [0.05, 0.1) is 11.3 Å². The van der Waals surface area contributed by atoms with E-state index in [9.17, 15) is 9.59 Å². The van der Waals surface area contributed by atoms with E-state index < -0.39 is 0 Å². The molecule has 3 aromatic rings. The number of anilines is 1. The lowest BCUT2D eigenvalue weighted by Crippen LogP contribution is -2.27. The van der Waals surface area contributed by atoms with E-state index in [1.807, 2.05) is 30.3 Å². The summed E-state index contributed by atoms with van der Waals surface area (Å²) in [6.07, 6.45) is 0.734. The average molecular weight is 402 g/mol. The Morgan fingerprint density at radius 3 is 2.37 bits per heavy atom. The maximum atomic E-state index is 12.7. The first-order chi connectivity index (χ1) is 14.7. The monoisotopic (exact) mass is 402 g/mol. The van der Waals surface area contributed by atoms with Crippen LogP contribution in [0, 0.1) is 0 Å². The fourth-order valence-electron chi connectivity index (χ4n) is 3.23. The van der Waals surface area contributed by atoms with Crippen molar-refractivity contribution in [3.63, 3.8) is 0 Å². The fourth-order valence-corrected chi connectivity index (χ4v) is 3.23. The lowest BCUT2D eigenvalue weighted by Gasteiger charge is -2.19. The Kier molecular flexibility index (Phi) is 5.94. The van der Waals surface area contributed by atoms with Crippen molar-refractivity contribution in [3.8, 4) is 11.5 Å². The van der Waals surface area contributed by atoms with Gasteiger partial charge in [-0.15, -0.1) is 0 Å². The Morgan fingerprint density at radius 1 is 0.800 bits per heavy atom. The second-order valence-electron chi connectivity index (χ2n) is 6.85. The molecule has 0 saturated heterocycles. The predicted octanol–water partition coefficient (Wildman–Crippen LogP) is 3.68. The molecular formula is C24H22N2O4. The summed E-state index contributed by atoms with van der Waals surface area (Å²) in [6, 6.07) is 21.9. The maximum absolute atomic E-state index is 12.7. The number of benzene rings is 3. The molecule has 1 aliphatic rings. The second-order valence-corrected chi connectivity index (χ2v) is 6.85. The molecule has 0 fully saturated rings. The van der Waals surface area contributed by atoms with E-state index in [4.69, 9.17) is 9.47 Å². The summed E-state index contributed by atoms with van der Waals surface area (Å²) in [7, 11) is 0. The first-order valence-corrected chi connectivity index (χ1v) is 9.83. The van der Waals surface area contributed by atoms with Crippen molar-refractivity contribution in [2.45, 2.75) is 6.42 Å². The molecule has 0 spiro atoms. The second kappa shape index (κ2) is 9.13. The fraction of sp³-hybridized carbons (Fsp3) is 0.167. The van der Waals surface area contributed by atoms with Crippen LogP contribution in [0.5, 0.6) is 11.5 Å². The minimum absolute atomic E-state index is 0.232. The number of hydrogen-bond donors (Lipinski definition) is 2. The third kappa shape index (κ3) is 4.60. The third-order valence-corrected chi connectivity index (χ3v) is 4.77. The molecule has 0 bridgehead atoms. The molecule has 0 aliphatic carbocycles. The number of carbonyl (C=O) groups is 2. The highest BCUT2D eigenvalue weighted by atomic mass is 16.6. The van der Waals surface area contributed by atoms with Crippen LogP contribution in [0.2, 0.25) is 0 Å². The predicted molar refractivity (Wildman–Crippen MR) is 114 cm³/mol. The number of rotatable bonds is 6. The highest BCUT2D eigenvalue weighted by molar-refractivity contribution is 6.09. The molecule has 2 amide bonds. The molecule has 6 heteroatoms. The van der Waals surface area contributed by atoms with Gasteiger partial charge in [0.1, 0.15) is 13.2 Å². The Hall–Kier alpha value is -3.80. The molecule has 4 rings (SSSR count). The van der Waals surface area contributed by atoms with Crippen molar-refractivity contribution in [3.05, 3.63) is 89.5 Å². The van der Waals surface area contributed by atoms with E-state index in [2.05, 4.69) is 10.6 Å². The van der Waals surface area contributed by atoms with Crippen LogP contribution in [-0.2, 0) is 6.42 Å². The summed E-state index contributed by atoms with van der Waals surface area (Å²) < 4.78 is 11.0. The molecule has 0 atom stereocenters. The van der Waals surface area contributed by atoms with Crippen molar-refractivity contribution in [1.82, 2.24) is 5.32 Å². The Balaban J connectivity index is 1.42. The van der Waals surface area contributed by atoms with Gasteiger partial charge in [-0.25, -0.2) is 0 Å². The van der Waals surface area contributed by atoms with Crippen molar-refractivity contribution in [1.29, 1.82) is 0 Å². The summed E-state index contributed by atoms with van der Waals surface area (Å²) in [5, 5.41) is 5.74. The van der Waals surface area contributed by atoms with E-state index >= 15 is 0 Å². The van der Waals surface area contributed by atoms with Crippen LogP contribution in [0.25, 0.3) is 0 Å². The molecule has 2 N–H and O–H groups in total. The highest BCUT2D eigenvalue weighted by Gasteiger charge is 2.17. The number of hydrogen-bond acceptors (Lipinski definition) is 4. The van der Waals surface area contributed by atoms with Crippen LogP contribution in [0.15, 0.2) is 72.8 Å². The summed E-state index contributed by atoms with van der Waals surface area (Å²) >= 11 is 0. The number of nitrogens with one attached hydrogen (secondary N) is 2. The third-order valence-electron chi connectivity index (χ3n) is 4.77. The smallest absolute Gasteiger partial charge is 0.255 e. The van der Waals surface area contributed by atoms with Gasteiger partial charge in [0, 0.05) is 12.1 Å². The van der Waals surface area contributed by atoms with Crippen molar-refractivity contribution in [2.75, 3.05) is 25.1 Å². The van der Waals surface area contributed by atoms with Crippen molar-refractivity contribution in [2.24, 2.45) is 0 Å². The molecule has 0 aromatic heterocycles. The number of para-hydroxylation sites is 1. The molecule has 30 heavy (non-hydrogen) atoms. The molecule has 1 aliphatic heterocycles. The van der Waals surface area contributed by atoms with Crippen LogP contribution in [0.3, 0.4) is 0 Å². The van der Waals surface area contributed by atoms with Gasteiger partial charge in [0.25, 0.3) is 11.8 Å². The van der Waals surface area contributed by atoms with Gasteiger partial charge in [-0.3, -0.25) is 9.59 Å². The van der Waals surface area contributed by atoms with Crippen LogP contribution >= 0.6 is 0 Å². The summed E-state index contributed by atoms with van der Waals surface area (Å²) in [6.45, 7) is 1.45. The van der Waals surface area contributed by atoms with E-state index in [1.54, 1.807) is 42.5 Å². The summed E-state index contributed by atoms with van der Waals surface area (Å²) in [4.78, 5) is 25.4. The standard InChI is InChI=1S/C24H22N2O4/c27-23(18-10-11-21-22(16-18)30-15-14-29-21)26-20-9-5-4-8-19(20)24(28)25-13-12-17-6-2-1-3-7-17/h1-11,16H,12-15H2,(H,25,28)(H,26,27). The van der Waals surface area contributed by atoms with Crippen LogP contribution in [0.1, 0.15) is 26.3 Å². The normalized spacial score (nSPS) is 12.1. The minimum atomic E-state index is -0.323. The summed E-state index contributed by atoms with van der Waals surface area (Å²) in [5.74, 6) is 0.609. The lowest BCUT2D eigenvalue weighted by molar-refractivity contribution is 0.0955. The zero-order valence-corrected chi connectivity index (χ0v) is 16.4. The largest absolute Gasteiger partial charge is 0.486 e. The SMILES string of the molecule is O=C(Nc1ccccc1C(=O)NCCc1ccccc1)c1ccc2c(c1)OCCO2. The van der Waals surface area contributed by atoms with Crippen LogP contribution in [-0.4, -0.2) is 31.6 Å². The Bertz CT molecular complexity index is 1050. The van der Waals surface area contributed by atoms with E-state index in [1.165, 1.54) is 0 Å². The van der Waals surface area contributed by atoms with E-state index in [0.29, 0.717) is 48.1 Å². The first-order valence-electron chi connectivity index (χ1n) is 9.83. The van der Waals surface area contributed by atoms with Crippen LogP contribution < -0.4 is 20.1 Å². The molecule has 0 radical (unpaired) electrons. The number of fused-ring (bicyclic) bond motifs is 1.